The van der Waals surface area contributed by atoms with E-state index in [4.69, 9.17) is 4.42 Å². The Bertz CT molecular complexity index is 1240. The van der Waals surface area contributed by atoms with Crippen LogP contribution in [0.5, 0.6) is 0 Å². The minimum absolute atomic E-state index is 0.108. The van der Waals surface area contributed by atoms with Crippen LogP contribution in [-0.4, -0.2) is 35.0 Å². The van der Waals surface area contributed by atoms with Crippen molar-refractivity contribution < 1.29 is 22.6 Å². The first-order chi connectivity index (χ1) is 15.3. The number of nitro benzene ring substituents is 1. The summed E-state index contributed by atoms with van der Waals surface area (Å²) in [6.07, 6.45) is 1.22. The van der Waals surface area contributed by atoms with Gasteiger partial charge in [-0.15, -0.1) is 0 Å². The van der Waals surface area contributed by atoms with Crippen molar-refractivity contribution in [2.45, 2.75) is 31.0 Å². The summed E-state index contributed by atoms with van der Waals surface area (Å²) in [6.45, 7) is 2.16. The minimum atomic E-state index is -4.16. The van der Waals surface area contributed by atoms with E-state index in [0.717, 1.165) is 12.1 Å². The predicted molar refractivity (Wildman–Crippen MR) is 115 cm³/mol. The lowest BCUT2D eigenvalue weighted by atomic mass is 10.1. The Kier molecular flexibility index (Phi) is 5.81. The van der Waals surface area contributed by atoms with Crippen LogP contribution in [0.4, 0.5) is 5.69 Å². The van der Waals surface area contributed by atoms with Crippen LogP contribution < -0.4 is 0 Å². The quantitative estimate of drug-likeness (QED) is 0.375. The highest BCUT2D eigenvalue weighted by Crippen LogP contribution is 2.40. The number of nitro groups is 1. The van der Waals surface area contributed by atoms with Gasteiger partial charge in [-0.25, -0.2) is 8.42 Å². The molecule has 2 aromatic carbocycles. The van der Waals surface area contributed by atoms with E-state index < -0.39 is 21.1 Å². The van der Waals surface area contributed by atoms with E-state index in [1.807, 2.05) is 6.92 Å². The lowest BCUT2D eigenvalue weighted by Gasteiger charge is -2.34. The van der Waals surface area contributed by atoms with Gasteiger partial charge in [-0.2, -0.15) is 4.31 Å². The highest BCUT2D eigenvalue weighted by Gasteiger charge is 2.44. The zero-order chi connectivity index (χ0) is 22.9. The lowest BCUT2D eigenvalue weighted by Crippen LogP contribution is -2.43. The number of non-ortho nitro benzene ring substituents is 1. The van der Waals surface area contributed by atoms with Crippen molar-refractivity contribution in [2.75, 3.05) is 6.54 Å². The normalized spacial score (nSPS) is 15.9. The molecule has 10 heteroatoms. The molecule has 2 heterocycles. The van der Waals surface area contributed by atoms with Gasteiger partial charge in [-0.1, -0.05) is 25.1 Å². The first-order valence-electron chi connectivity index (χ1n) is 10.0. The fourth-order valence-corrected chi connectivity index (χ4v) is 5.40. The molecule has 32 heavy (non-hydrogen) atoms. The number of carbonyl (C=O) groups is 1. The number of nitrogens with zero attached hydrogens (tertiary/aromatic N) is 3. The van der Waals surface area contributed by atoms with Crippen molar-refractivity contribution in [2.24, 2.45) is 0 Å². The Morgan fingerprint density at radius 1 is 1.09 bits per heavy atom. The van der Waals surface area contributed by atoms with Crippen LogP contribution >= 0.6 is 0 Å². The lowest BCUT2D eigenvalue weighted by molar-refractivity contribution is -0.384. The molecule has 0 spiro atoms. The van der Waals surface area contributed by atoms with E-state index in [1.54, 1.807) is 36.4 Å². The Hall–Kier alpha value is -3.50. The van der Waals surface area contributed by atoms with Crippen LogP contribution in [0.3, 0.4) is 0 Å². The third-order valence-electron chi connectivity index (χ3n) is 5.31. The Labute approximate surface area is 185 Å². The number of furan rings is 1. The van der Waals surface area contributed by atoms with Crippen LogP contribution in [-0.2, 0) is 16.6 Å². The van der Waals surface area contributed by atoms with Gasteiger partial charge in [0.25, 0.3) is 11.6 Å². The topological polar surface area (TPSA) is 114 Å². The third kappa shape index (κ3) is 3.78. The van der Waals surface area contributed by atoms with E-state index in [9.17, 15) is 23.3 Å². The van der Waals surface area contributed by atoms with Gasteiger partial charge in [-0.3, -0.25) is 14.9 Å². The fourth-order valence-electron chi connectivity index (χ4n) is 3.86. The molecule has 0 radical (unpaired) electrons. The number of amides is 1. The summed E-state index contributed by atoms with van der Waals surface area (Å²) in [7, 11) is -4.16. The summed E-state index contributed by atoms with van der Waals surface area (Å²) in [5, 5.41) is 11.0. The molecule has 4 rings (SSSR count). The molecule has 1 atom stereocenters. The van der Waals surface area contributed by atoms with E-state index in [2.05, 4.69) is 0 Å². The molecule has 1 aliphatic heterocycles. The van der Waals surface area contributed by atoms with Gasteiger partial charge >= 0.3 is 0 Å². The maximum absolute atomic E-state index is 13.8. The summed E-state index contributed by atoms with van der Waals surface area (Å²) < 4.78 is 34.2. The second kappa shape index (κ2) is 8.56. The molecule has 166 valence electrons. The molecule has 0 saturated heterocycles. The fraction of sp³-hybridized carbons (Fsp3) is 0.227. The Balaban J connectivity index is 1.85. The van der Waals surface area contributed by atoms with Gasteiger partial charge in [0, 0.05) is 29.8 Å². The molecular formula is C22H21N3O6S. The number of rotatable bonds is 8. The summed E-state index contributed by atoms with van der Waals surface area (Å²) in [4.78, 5) is 24.9. The van der Waals surface area contributed by atoms with E-state index in [0.29, 0.717) is 29.9 Å². The summed E-state index contributed by atoms with van der Waals surface area (Å²) >= 11 is 0. The Morgan fingerprint density at radius 3 is 2.44 bits per heavy atom. The maximum Gasteiger partial charge on any atom is 0.269 e. The number of hydrogen-bond acceptors (Lipinski definition) is 6. The van der Waals surface area contributed by atoms with E-state index in [1.165, 1.54) is 27.6 Å². The average molecular weight is 455 g/mol. The van der Waals surface area contributed by atoms with Crippen molar-refractivity contribution >= 4 is 21.6 Å². The largest absolute Gasteiger partial charge is 0.468 e. The standard InChI is InChI=1S/C22H21N3O6S/c1-2-13-23-21(19-7-3-4-8-20(19)22(23)26)24(15-17-6-5-14-31-17)32(29,30)18-11-9-16(10-12-18)25(27)28/h3-12,14,21H,2,13,15H2,1H3. The third-order valence-corrected chi connectivity index (χ3v) is 7.12. The van der Waals surface area contributed by atoms with Crippen LogP contribution in [0.25, 0.3) is 0 Å². The molecule has 1 amide bonds. The molecule has 3 aromatic rings. The first kappa shape index (κ1) is 21.7. The number of sulfonamides is 1. The highest BCUT2D eigenvalue weighted by atomic mass is 32.2. The number of fused-ring (bicyclic) bond motifs is 1. The monoisotopic (exact) mass is 455 g/mol. The van der Waals surface area contributed by atoms with Crippen molar-refractivity contribution in [3.8, 4) is 0 Å². The van der Waals surface area contributed by atoms with Crippen LogP contribution in [0.2, 0.25) is 0 Å². The van der Waals surface area contributed by atoms with Gasteiger partial charge in [0.05, 0.1) is 22.6 Å². The minimum Gasteiger partial charge on any atom is -0.468 e. The predicted octanol–water partition coefficient (Wildman–Crippen LogP) is 3.94. The van der Waals surface area contributed by atoms with Crippen molar-refractivity contribution in [1.82, 2.24) is 9.21 Å². The average Bonchev–Trinajstić information content (AvgIpc) is 3.39. The summed E-state index contributed by atoms with van der Waals surface area (Å²) in [5.74, 6) is 0.166. The van der Waals surface area contributed by atoms with E-state index >= 15 is 0 Å². The first-order valence-corrected chi connectivity index (χ1v) is 11.5. The second-order valence-corrected chi connectivity index (χ2v) is 9.23. The van der Waals surface area contributed by atoms with Gasteiger partial charge in [0.2, 0.25) is 10.0 Å². The molecule has 0 fully saturated rings. The van der Waals surface area contributed by atoms with E-state index in [-0.39, 0.29) is 23.0 Å². The molecule has 0 aliphatic carbocycles. The van der Waals surface area contributed by atoms with Gasteiger partial charge in [0.15, 0.2) is 0 Å². The van der Waals surface area contributed by atoms with Crippen LogP contribution in [0.15, 0.2) is 76.2 Å². The smallest absolute Gasteiger partial charge is 0.269 e. The molecule has 1 aromatic heterocycles. The summed E-state index contributed by atoms with van der Waals surface area (Å²) in [5.41, 5.74) is 0.827. The molecule has 9 nitrogen and oxygen atoms in total. The van der Waals surface area contributed by atoms with Gasteiger partial charge in [0.1, 0.15) is 11.9 Å². The van der Waals surface area contributed by atoms with Crippen molar-refractivity contribution in [1.29, 1.82) is 0 Å². The maximum atomic E-state index is 13.8. The van der Waals surface area contributed by atoms with Crippen LogP contribution in [0.1, 0.15) is 41.2 Å². The SMILES string of the molecule is CCCN1C(=O)c2ccccc2C1N(Cc1ccco1)S(=O)(=O)c1ccc([N+](=O)[O-])cc1. The zero-order valence-corrected chi connectivity index (χ0v) is 18.1. The van der Waals surface area contributed by atoms with Crippen molar-refractivity contribution in [3.63, 3.8) is 0 Å². The highest BCUT2D eigenvalue weighted by molar-refractivity contribution is 7.89. The van der Waals surface area contributed by atoms with Gasteiger partial charge in [-0.05, 0) is 36.8 Å². The summed E-state index contributed by atoms with van der Waals surface area (Å²) in [6, 6.07) is 15.0. The van der Waals surface area contributed by atoms with Crippen LogP contribution in [0, 0.1) is 10.1 Å². The number of hydrogen-bond donors (Lipinski definition) is 0. The Morgan fingerprint density at radius 2 is 1.81 bits per heavy atom. The zero-order valence-electron chi connectivity index (χ0n) is 17.2. The molecule has 0 N–H and O–H groups in total. The molecule has 1 unspecified atom stereocenters. The second-order valence-electron chi connectivity index (χ2n) is 7.34. The molecular weight excluding hydrogens is 434 g/mol. The molecule has 0 bridgehead atoms. The molecule has 1 aliphatic rings. The molecule has 0 saturated carbocycles. The number of benzene rings is 2. The number of carbonyl (C=O) groups excluding carboxylic acids is 1. The van der Waals surface area contributed by atoms with Gasteiger partial charge < -0.3 is 9.32 Å². The van der Waals surface area contributed by atoms with Crippen molar-refractivity contribution in [3.05, 3.63) is 93.9 Å².